The number of carbonyl (C=O) groups is 1. The fraction of sp³-hybridized carbons (Fsp3) is 0.458. The number of nitrogens with zero attached hydrogens (tertiary/aromatic N) is 1. The topological polar surface area (TPSA) is 50.2 Å². The van der Waals surface area contributed by atoms with Gasteiger partial charge in [-0.1, -0.05) is 129 Å². The minimum Gasteiger partial charge on any atom is -0.512 e. The van der Waals surface area contributed by atoms with Crippen molar-refractivity contribution in [2.75, 3.05) is 0 Å². The molecule has 0 atom stereocenters. The van der Waals surface area contributed by atoms with E-state index < -0.39 is 0 Å². The van der Waals surface area contributed by atoms with Crippen LogP contribution < -0.4 is 0 Å². The van der Waals surface area contributed by atoms with Crippen LogP contribution in [-0.4, -0.2) is 15.9 Å². The molecule has 53 heavy (non-hydrogen) atoms. The Kier molecular flexibility index (Phi) is 13.6. The van der Waals surface area contributed by atoms with Gasteiger partial charge in [0.2, 0.25) is 0 Å². The summed E-state index contributed by atoms with van der Waals surface area (Å²) in [5.74, 6) is 0.366. The number of benzene rings is 4. The average molecular weight is 907 g/mol. The first kappa shape index (κ1) is 42.8. The van der Waals surface area contributed by atoms with Gasteiger partial charge in [-0.05, 0) is 100 Å². The number of aliphatic hydroxyl groups is 1. The van der Waals surface area contributed by atoms with Gasteiger partial charge in [-0.25, -0.2) is 0 Å². The predicted molar refractivity (Wildman–Crippen MR) is 225 cm³/mol. The number of allylic oxidation sites excluding steroid dienone is 2. The Morgan fingerprint density at radius 2 is 1.51 bits per heavy atom. The van der Waals surface area contributed by atoms with E-state index >= 15 is 0 Å². The maximum Gasteiger partial charge on any atom is 0.162 e. The van der Waals surface area contributed by atoms with Crippen molar-refractivity contribution in [1.29, 1.82) is 0 Å². The van der Waals surface area contributed by atoms with Gasteiger partial charge in [-0.15, -0.1) is 29.3 Å². The molecule has 0 amide bonds. The minimum absolute atomic E-state index is 0. The zero-order chi connectivity index (χ0) is 38.2. The van der Waals surface area contributed by atoms with Gasteiger partial charge in [0.25, 0.3) is 0 Å². The van der Waals surface area contributed by atoms with Crippen molar-refractivity contribution in [3.63, 3.8) is 0 Å². The largest absolute Gasteiger partial charge is 0.512 e. The molecule has 1 aliphatic rings. The Balaban J connectivity index is 0.000000316. The van der Waals surface area contributed by atoms with Crippen molar-refractivity contribution in [2.24, 2.45) is 22.2 Å². The van der Waals surface area contributed by atoms with Crippen LogP contribution in [0, 0.1) is 35.2 Å². The standard InChI is InChI=1S/C34H34NS.C14H26O2.Ir/c1-20-11-12-23-22(15-20)16-27-31-30-25(13-14-35-31)24-10-8-9-21(18-33(2,3)4)26(24)17-29(30)36-32(27)28(23)19-34(5,6)7;1-6-11(7-2)12(15)10-13(16)14(5,8-3)9-4;/h8-15,17H,18-19H2,1-7H3;10-11,16H,6-9H2,1-5H3;/q-1;;/b;13-10-;. The molecule has 0 unspecified atom stereocenters. The van der Waals surface area contributed by atoms with Crippen LogP contribution >= 0.6 is 11.8 Å². The number of aryl methyl sites for hydroxylation is 1. The van der Waals surface area contributed by atoms with E-state index in [2.05, 4.69) is 103 Å². The molecular weight excluding hydrogens is 847 g/mol. The molecule has 0 saturated carbocycles. The molecule has 0 fully saturated rings. The molecule has 4 aromatic carbocycles. The third-order valence-corrected chi connectivity index (χ3v) is 12.1. The molecule has 1 aliphatic heterocycles. The van der Waals surface area contributed by atoms with Crippen LogP contribution in [0.4, 0.5) is 0 Å². The van der Waals surface area contributed by atoms with Crippen molar-refractivity contribution in [2.45, 2.75) is 131 Å². The van der Waals surface area contributed by atoms with Gasteiger partial charge in [0, 0.05) is 54.3 Å². The summed E-state index contributed by atoms with van der Waals surface area (Å²) in [6, 6.07) is 22.1. The van der Waals surface area contributed by atoms with Crippen molar-refractivity contribution in [3.8, 4) is 11.3 Å². The van der Waals surface area contributed by atoms with Gasteiger partial charge in [0.05, 0.1) is 0 Å². The number of hydrogen-bond acceptors (Lipinski definition) is 4. The maximum atomic E-state index is 11.9. The van der Waals surface area contributed by atoms with E-state index in [9.17, 15) is 9.90 Å². The molecule has 1 N–H and O–H groups in total. The molecular formula is C48H60IrNO2S-. The van der Waals surface area contributed by atoms with E-state index in [0.29, 0.717) is 0 Å². The van der Waals surface area contributed by atoms with Crippen LogP contribution in [0.15, 0.2) is 76.4 Å². The first-order valence-corrected chi connectivity index (χ1v) is 20.2. The van der Waals surface area contributed by atoms with Crippen LogP contribution in [0.5, 0.6) is 0 Å². The maximum absolute atomic E-state index is 11.9. The number of aliphatic hydroxyl groups excluding tert-OH is 1. The third kappa shape index (κ3) is 9.29. The number of ketones is 1. The molecule has 6 rings (SSSR count). The smallest absolute Gasteiger partial charge is 0.162 e. The summed E-state index contributed by atoms with van der Waals surface area (Å²) >= 11 is 1.93. The van der Waals surface area contributed by atoms with Crippen molar-refractivity contribution in [3.05, 3.63) is 89.3 Å². The minimum atomic E-state index is -0.248. The normalized spacial score (nSPS) is 13.2. The molecule has 0 bridgehead atoms. The summed E-state index contributed by atoms with van der Waals surface area (Å²) in [5.41, 5.74) is 6.54. The van der Waals surface area contributed by atoms with Gasteiger partial charge in [-0.2, -0.15) is 0 Å². The first-order valence-electron chi connectivity index (χ1n) is 19.4. The predicted octanol–water partition coefficient (Wildman–Crippen LogP) is 14.2. The molecule has 0 saturated heterocycles. The van der Waals surface area contributed by atoms with E-state index in [1.807, 2.05) is 52.6 Å². The van der Waals surface area contributed by atoms with Crippen LogP contribution in [0.2, 0.25) is 0 Å². The Morgan fingerprint density at radius 3 is 2.11 bits per heavy atom. The molecule has 1 radical (unpaired) electrons. The summed E-state index contributed by atoms with van der Waals surface area (Å²) in [6.45, 7) is 26.2. The quantitative estimate of drug-likeness (QED) is 0.0680. The van der Waals surface area contributed by atoms with E-state index in [4.69, 9.17) is 4.98 Å². The Labute approximate surface area is 337 Å². The second-order valence-electron chi connectivity index (χ2n) is 17.6. The number of aromatic nitrogens is 1. The van der Waals surface area contributed by atoms with Crippen LogP contribution in [0.1, 0.15) is 119 Å². The molecule has 5 aromatic rings. The van der Waals surface area contributed by atoms with Gasteiger partial charge >= 0.3 is 0 Å². The summed E-state index contributed by atoms with van der Waals surface area (Å²) in [4.78, 5) is 19.5. The Bertz CT molecular complexity index is 2140. The van der Waals surface area contributed by atoms with Crippen LogP contribution in [-0.2, 0) is 37.7 Å². The van der Waals surface area contributed by atoms with Gasteiger partial charge in [-0.3, -0.25) is 9.78 Å². The molecule has 5 heteroatoms. The van der Waals surface area contributed by atoms with Gasteiger partial charge in [0.1, 0.15) is 5.76 Å². The zero-order valence-corrected chi connectivity index (χ0v) is 37.3. The number of rotatable bonds is 9. The summed E-state index contributed by atoms with van der Waals surface area (Å²) in [7, 11) is 0. The molecule has 1 aromatic heterocycles. The van der Waals surface area contributed by atoms with Crippen molar-refractivity contribution >= 4 is 49.9 Å². The summed E-state index contributed by atoms with van der Waals surface area (Å²) in [6.07, 6.45) is 8.90. The van der Waals surface area contributed by atoms with Gasteiger partial charge in [0.15, 0.2) is 5.78 Å². The fourth-order valence-electron chi connectivity index (χ4n) is 7.47. The monoisotopic (exact) mass is 907 g/mol. The zero-order valence-electron chi connectivity index (χ0n) is 34.1. The summed E-state index contributed by atoms with van der Waals surface area (Å²) in [5, 5.41) is 17.8. The number of pyridine rings is 1. The number of hydrogen-bond donors (Lipinski definition) is 1. The van der Waals surface area contributed by atoms with Crippen LogP contribution in [0.25, 0.3) is 43.6 Å². The second kappa shape index (κ2) is 16.8. The van der Waals surface area contributed by atoms with Gasteiger partial charge < -0.3 is 5.11 Å². The molecule has 0 spiro atoms. The summed E-state index contributed by atoms with van der Waals surface area (Å²) < 4.78 is 0. The fourth-order valence-corrected chi connectivity index (χ4v) is 8.73. The molecule has 285 valence electrons. The Hall–Kier alpha value is -2.98. The molecule has 0 aliphatic carbocycles. The van der Waals surface area contributed by atoms with E-state index in [-0.39, 0.29) is 53.8 Å². The van der Waals surface area contributed by atoms with E-state index in [1.165, 1.54) is 70.4 Å². The Morgan fingerprint density at radius 1 is 0.849 bits per heavy atom. The number of carbonyl (C=O) groups excluding carboxylic acids is 1. The second-order valence-corrected chi connectivity index (χ2v) is 18.7. The SMILES string of the molecule is CCC(CC)C(=O)/C=C(\O)C(C)(CC)CC.Cc1ccc2c(CC(C)(C)C)c3c([c-]c2c1)-c1nccc2c1c(cc1c(CC(C)(C)C)cccc12)S3.[Ir]. The van der Waals surface area contributed by atoms with Crippen molar-refractivity contribution in [1.82, 2.24) is 4.98 Å². The van der Waals surface area contributed by atoms with E-state index in [0.717, 1.165) is 44.2 Å². The number of fused-ring (bicyclic) bond motifs is 5. The van der Waals surface area contributed by atoms with Crippen LogP contribution in [0.3, 0.4) is 0 Å². The average Bonchev–Trinajstić information content (AvgIpc) is 3.08. The van der Waals surface area contributed by atoms with E-state index in [1.54, 1.807) is 0 Å². The molecule has 2 heterocycles. The first-order chi connectivity index (χ1) is 24.4. The van der Waals surface area contributed by atoms with Crippen molar-refractivity contribution < 1.29 is 30.0 Å². The third-order valence-electron chi connectivity index (χ3n) is 10.9. The molecule has 3 nitrogen and oxygen atoms in total.